The predicted octanol–water partition coefficient (Wildman–Crippen LogP) is 1.74. The van der Waals surface area contributed by atoms with Gasteiger partial charge in [0.2, 0.25) is 5.91 Å². The Hall–Kier alpha value is -3.54. The number of aliphatic hydroxyl groups is 1. The van der Waals surface area contributed by atoms with E-state index in [0.29, 0.717) is 43.2 Å². The summed E-state index contributed by atoms with van der Waals surface area (Å²) in [5.41, 5.74) is 6.43. The minimum Gasteiger partial charge on any atom is -0.482 e. The molecule has 11 nitrogen and oxygen atoms in total. The zero-order valence-corrected chi connectivity index (χ0v) is 20.6. The SMILES string of the molecule is C.CC(C)(N)C(=O)N[C@H](COCc1ccccc1)c1nnc2ccc(OCC(=O)NCCCCO)cn12. The number of benzene rings is 1. The number of carbonyl (C=O) groups is 2. The molecule has 37 heavy (non-hydrogen) atoms. The molecule has 0 aliphatic carbocycles. The van der Waals surface area contributed by atoms with E-state index in [2.05, 4.69) is 20.8 Å². The van der Waals surface area contributed by atoms with Crippen LogP contribution in [0.2, 0.25) is 0 Å². The molecule has 0 saturated carbocycles. The molecule has 0 saturated heterocycles. The zero-order chi connectivity index (χ0) is 26.0. The maximum Gasteiger partial charge on any atom is 0.257 e. The maximum atomic E-state index is 12.7. The first kappa shape index (κ1) is 29.7. The molecule has 202 valence electrons. The predicted molar refractivity (Wildman–Crippen MR) is 140 cm³/mol. The van der Waals surface area contributed by atoms with Crippen LogP contribution in [-0.2, 0) is 20.9 Å². The normalized spacial score (nSPS) is 12.0. The number of pyridine rings is 1. The van der Waals surface area contributed by atoms with Crippen LogP contribution in [0.3, 0.4) is 0 Å². The quantitative estimate of drug-likeness (QED) is 0.237. The van der Waals surface area contributed by atoms with Crippen molar-refractivity contribution in [2.45, 2.75) is 52.3 Å². The van der Waals surface area contributed by atoms with Gasteiger partial charge in [-0.05, 0) is 44.4 Å². The summed E-state index contributed by atoms with van der Waals surface area (Å²) < 4.78 is 13.2. The van der Waals surface area contributed by atoms with Crippen molar-refractivity contribution < 1.29 is 24.2 Å². The van der Waals surface area contributed by atoms with Crippen molar-refractivity contribution in [2.24, 2.45) is 5.73 Å². The third kappa shape index (κ3) is 9.12. The highest BCUT2D eigenvalue weighted by Crippen LogP contribution is 2.19. The molecule has 0 aliphatic rings. The molecule has 5 N–H and O–H groups in total. The second kappa shape index (κ2) is 14.3. The Labute approximate surface area is 217 Å². The van der Waals surface area contributed by atoms with Crippen molar-refractivity contribution in [3.05, 3.63) is 60.0 Å². The van der Waals surface area contributed by atoms with Crippen LogP contribution in [0.15, 0.2) is 48.7 Å². The molecule has 0 unspecified atom stereocenters. The summed E-state index contributed by atoms with van der Waals surface area (Å²) in [4.78, 5) is 24.7. The molecule has 0 fully saturated rings. The first-order valence-corrected chi connectivity index (χ1v) is 11.8. The van der Waals surface area contributed by atoms with Crippen LogP contribution in [0, 0.1) is 0 Å². The van der Waals surface area contributed by atoms with E-state index in [4.69, 9.17) is 20.3 Å². The molecule has 1 aromatic carbocycles. The van der Waals surface area contributed by atoms with Crippen LogP contribution in [0.4, 0.5) is 0 Å². The lowest BCUT2D eigenvalue weighted by molar-refractivity contribution is -0.126. The lowest BCUT2D eigenvalue weighted by Gasteiger charge is -2.23. The number of nitrogens with zero attached hydrogens (tertiary/aromatic N) is 3. The Bertz CT molecular complexity index is 1130. The second-order valence-corrected chi connectivity index (χ2v) is 8.97. The molecule has 0 bridgehead atoms. The fourth-order valence-electron chi connectivity index (χ4n) is 3.27. The topological polar surface area (TPSA) is 153 Å². The average Bonchev–Trinajstić information content (AvgIpc) is 3.28. The van der Waals surface area contributed by atoms with Crippen molar-refractivity contribution in [3.8, 4) is 5.75 Å². The molecule has 3 rings (SSSR count). The van der Waals surface area contributed by atoms with Gasteiger partial charge in [-0.2, -0.15) is 0 Å². The van der Waals surface area contributed by atoms with Gasteiger partial charge in [0.05, 0.1) is 24.9 Å². The minimum absolute atomic E-state index is 0. The van der Waals surface area contributed by atoms with E-state index in [-0.39, 0.29) is 39.1 Å². The molecule has 2 aromatic heterocycles. The minimum atomic E-state index is -1.10. The van der Waals surface area contributed by atoms with Crippen LogP contribution in [0.1, 0.15) is 51.5 Å². The Kier molecular flexibility index (Phi) is 11.4. The van der Waals surface area contributed by atoms with E-state index in [0.717, 1.165) is 5.56 Å². The molecule has 2 amide bonds. The monoisotopic (exact) mass is 514 g/mol. The summed E-state index contributed by atoms with van der Waals surface area (Å²) in [5, 5.41) is 22.9. The number of carbonyl (C=O) groups excluding carboxylic acids is 2. The van der Waals surface area contributed by atoms with Gasteiger partial charge in [0.1, 0.15) is 11.8 Å². The Morgan fingerprint density at radius 2 is 1.89 bits per heavy atom. The van der Waals surface area contributed by atoms with E-state index in [1.807, 2.05) is 30.3 Å². The van der Waals surface area contributed by atoms with Gasteiger partial charge in [0.25, 0.3) is 5.91 Å². The summed E-state index contributed by atoms with van der Waals surface area (Å²) in [6, 6.07) is 12.5. The summed E-state index contributed by atoms with van der Waals surface area (Å²) >= 11 is 0. The summed E-state index contributed by atoms with van der Waals surface area (Å²) in [6.07, 6.45) is 2.98. The number of unbranched alkanes of at least 4 members (excludes halogenated alkanes) is 1. The molecule has 3 aromatic rings. The highest BCUT2D eigenvalue weighted by atomic mass is 16.5. The Morgan fingerprint density at radius 3 is 2.59 bits per heavy atom. The van der Waals surface area contributed by atoms with E-state index < -0.39 is 11.6 Å². The van der Waals surface area contributed by atoms with Crippen molar-refractivity contribution in [3.63, 3.8) is 0 Å². The van der Waals surface area contributed by atoms with Gasteiger partial charge in [0.15, 0.2) is 18.1 Å². The molecule has 0 aliphatic heterocycles. The Balaban J connectivity index is 0.00000481. The highest BCUT2D eigenvalue weighted by Gasteiger charge is 2.28. The van der Waals surface area contributed by atoms with E-state index >= 15 is 0 Å². The zero-order valence-electron chi connectivity index (χ0n) is 20.6. The third-order valence-electron chi connectivity index (χ3n) is 5.28. The number of aliphatic hydroxyl groups excluding tert-OH is 1. The van der Waals surface area contributed by atoms with Gasteiger partial charge in [-0.3, -0.25) is 14.0 Å². The summed E-state index contributed by atoms with van der Waals surface area (Å²) in [6.45, 7) is 4.13. The first-order chi connectivity index (χ1) is 17.3. The average molecular weight is 515 g/mol. The smallest absolute Gasteiger partial charge is 0.257 e. The molecule has 0 spiro atoms. The van der Waals surface area contributed by atoms with Crippen LogP contribution < -0.4 is 21.1 Å². The van der Waals surface area contributed by atoms with Crippen molar-refractivity contribution >= 4 is 17.5 Å². The lowest BCUT2D eigenvalue weighted by Crippen LogP contribution is -2.50. The van der Waals surface area contributed by atoms with E-state index in [9.17, 15) is 9.59 Å². The van der Waals surface area contributed by atoms with Gasteiger partial charge in [-0.15, -0.1) is 10.2 Å². The van der Waals surface area contributed by atoms with Gasteiger partial charge in [0, 0.05) is 13.2 Å². The van der Waals surface area contributed by atoms with Crippen LogP contribution in [-0.4, -0.2) is 63.4 Å². The molecular weight excluding hydrogens is 476 g/mol. The molecule has 11 heteroatoms. The highest BCUT2D eigenvalue weighted by molar-refractivity contribution is 5.85. The van der Waals surface area contributed by atoms with Crippen molar-refractivity contribution in [2.75, 3.05) is 26.4 Å². The van der Waals surface area contributed by atoms with Gasteiger partial charge >= 0.3 is 0 Å². The standard InChI is InChI=1S/C25H34N6O5.CH4/c1-25(2,26)24(34)28-20(16-35-15-18-8-4-3-5-9-18)23-30-29-21-11-10-19(14-31(21)23)36-17-22(33)27-12-6-7-13-32;/h3-5,8-11,14,20,32H,6-7,12-13,15-17,26H2,1-2H3,(H,27,33)(H,28,34);1H4/t20-;/m1./s1. The van der Waals surface area contributed by atoms with Crippen LogP contribution >= 0.6 is 0 Å². The Morgan fingerprint density at radius 1 is 1.14 bits per heavy atom. The summed E-state index contributed by atoms with van der Waals surface area (Å²) in [5.74, 6) is 0.248. The van der Waals surface area contributed by atoms with Gasteiger partial charge in [-0.25, -0.2) is 0 Å². The molecular formula is C26H38N6O5. The first-order valence-electron chi connectivity index (χ1n) is 11.8. The number of hydrogen-bond donors (Lipinski definition) is 4. The van der Waals surface area contributed by atoms with E-state index in [1.165, 1.54) is 0 Å². The largest absolute Gasteiger partial charge is 0.482 e. The number of ether oxygens (including phenoxy) is 2. The van der Waals surface area contributed by atoms with Crippen molar-refractivity contribution in [1.82, 2.24) is 25.2 Å². The lowest BCUT2D eigenvalue weighted by atomic mass is 10.1. The maximum absolute atomic E-state index is 12.7. The molecule has 2 heterocycles. The third-order valence-corrected chi connectivity index (χ3v) is 5.28. The van der Waals surface area contributed by atoms with Gasteiger partial charge in [-0.1, -0.05) is 37.8 Å². The fourth-order valence-corrected chi connectivity index (χ4v) is 3.27. The number of rotatable bonds is 14. The number of nitrogens with one attached hydrogen (secondary N) is 2. The number of aromatic nitrogens is 3. The van der Waals surface area contributed by atoms with Crippen molar-refractivity contribution in [1.29, 1.82) is 0 Å². The molecule has 0 radical (unpaired) electrons. The number of hydrogen-bond acceptors (Lipinski definition) is 8. The second-order valence-electron chi connectivity index (χ2n) is 8.97. The number of amides is 2. The van der Waals surface area contributed by atoms with Gasteiger partial charge < -0.3 is 30.9 Å². The summed E-state index contributed by atoms with van der Waals surface area (Å²) in [7, 11) is 0. The van der Waals surface area contributed by atoms with E-state index in [1.54, 1.807) is 36.6 Å². The molecule has 1 atom stereocenters. The van der Waals surface area contributed by atoms with Crippen LogP contribution in [0.5, 0.6) is 5.75 Å². The fraction of sp³-hybridized carbons (Fsp3) is 0.462. The van der Waals surface area contributed by atoms with Crippen LogP contribution in [0.25, 0.3) is 5.65 Å². The number of nitrogens with two attached hydrogens (primary N) is 1. The number of fused-ring (bicyclic) bond motifs is 1.